The second-order valence-electron chi connectivity index (χ2n) is 8.08. The Hall–Kier alpha value is -2.02. The van der Waals surface area contributed by atoms with Gasteiger partial charge in [-0.15, -0.1) is 0 Å². The maximum Gasteiger partial charge on any atom is 0.254 e. The van der Waals surface area contributed by atoms with Crippen molar-refractivity contribution in [2.75, 3.05) is 38.2 Å². The summed E-state index contributed by atoms with van der Waals surface area (Å²) in [6.07, 6.45) is 3.57. The Morgan fingerprint density at radius 1 is 1.27 bits per heavy atom. The zero-order valence-corrected chi connectivity index (χ0v) is 18.6. The molecule has 2 saturated heterocycles. The van der Waals surface area contributed by atoms with Crippen LogP contribution in [0.15, 0.2) is 36.5 Å². The van der Waals surface area contributed by atoms with E-state index in [1.165, 1.54) is 0 Å². The van der Waals surface area contributed by atoms with Crippen molar-refractivity contribution in [1.82, 2.24) is 9.88 Å². The van der Waals surface area contributed by atoms with Gasteiger partial charge in [-0.1, -0.05) is 29.3 Å². The summed E-state index contributed by atoms with van der Waals surface area (Å²) in [7, 11) is 1.71. The van der Waals surface area contributed by atoms with Crippen molar-refractivity contribution in [3.63, 3.8) is 0 Å². The van der Waals surface area contributed by atoms with Crippen LogP contribution in [-0.2, 0) is 4.74 Å². The summed E-state index contributed by atoms with van der Waals surface area (Å²) in [5.74, 6) is 1.36. The number of pyridine rings is 1. The van der Waals surface area contributed by atoms with E-state index in [4.69, 9.17) is 32.7 Å². The van der Waals surface area contributed by atoms with Crippen LogP contribution >= 0.6 is 23.2 Å². The quantitative estimate of drug-likeness (QED) is 0.680. The van der Waals surface area contributed by atoms with Gasteiger partial charge in [-0.25, -0.2) is 4.98 Å². The Morgan fingerprint density at radius 2 is 2.07 bits per heavy atom. The van der Waals surface area contributed by atoms with Gasteiger partial charge in [0.2, 0.25) is 0 Å². The van der Waals surface area contributed by atoms with Crippen molar-refractivity contribution in [2.24, 2.45) is 0 Å². The first-order chi connectivity index (χ1) is 14.4. The number of anilines is 1. The lowest BCUT2D eigenvalue weighted by Gasteiger charge is -2.40. The van der Waals surface area contributed by atoms with Gasteiger partial charge in [0.25, 0.3) is 5.91 Å². The van der Waals surface area contributed by atoms with Gasteiger partial charge in [-0.05, 0) is 44.0 Å². The lowest BCUT2D eigenvalue weighted by molar-refractivity contribution is -0.0440. The van der Waals surface area contributed by atoms with E-state index in [1.807, 2.05) is 17.0 Å². The first-order valence-corrected chi connectivity index (χ1v) is 10.8. The third-order valence-corrected chi connectivity index (χ3v) is 6.61. The molecule has 3 heterocycles. The molecule has 4 rings (SSSR count). The molecule has 30 heavy (non-hydrogen) atoms. The van der Waals surface area contributed by atoms with Crippen molar-refractivity contribution in [1.29, 1.82) is 0 Å². The van der Waals surface area contributed by atoms with Crippen molar-refractivity contribution in [3.8, 4) is 5.75 Å². The fourth-order valence-electron chi connectivity index (χ4n) is 3.91. The van der Waals surface area contributed by atoms with E-state index in [0.29, 0.717) is 41.0 Å². The molecule has 160 valence electrons. The topological polar surface area (TPSA) is 54.9 Å². The summed E-state index contributed by atoms with van der Waals surface area (Å²) in [5, 5.41) is 0.897. The third kappa shape index (κ3) is 4.36. The average Bonchev–Trinajstić information content (AvgIpc) is 2.73. The number of methoxy groups -OCH3 is 1. The van der Waals surface area contributed by atoms with Gasteiger partial charge in [-0.3, -0.25) is 4.79 Å². The minimum Gasteiger partial charge on any atom is -0.485 e. The number of hydrogen-bond donors (Lipinski definition) is 0. The van der Waals surface area contributed by atoms with Crippen LogP contribution in [0.3, 0.4) is 0 Å². The van der Waals surface area contributed by atoms with E-state index in [1.54, 1.807) is 31.5 Å². The van der Waals surface area contributed by atoms with Gasteiger partial charge in [-0.2, -0.15) is 0 Å². The second-order valence-corrected chi connectivity index (χ2v) is 8.87. The van der Waals surface area contributed by atoms with E-state index in [-0.39, 0.29) is 17.6 Å². The molecule has 1 unspecified atom stereocenters. The van der Waals surface area contributed by atoms with Gasteiger partial charge in [0.1, 0.15) is 22.7 Å². The molecule has 2 aromatic rings. The Morgan fingerprint density at radius 3 is 2.83 bits per heavy atom. The number of benzene rings is 1. The minimum absolute atomic E-state index is 0.00775. The smallest absolute Gasteiger partial charge is 0.254 e. The maximum atomic E-state index is 13.0. The largest absolute Gasteiger partial charge is 0.485 e. The van der Waals surface area contributed by atoms with E-state index in [9.17, 15) is 4.79 Å². The molecule has 8 heteroatoms. The Kier molecular flexibility index (Phi) is 6.09. The number of carbonyl (C=O) groups is 1. The Balaban J connectivity index is 1.39. The van der Waals surface area contributed by atoms with Crippen LogP contribution in [0.1, 0.15) is 30.1 Å². The maximum absolute atomic E-state index is 13.0. The van der Waals surface area contributed by atoms with Gasteiger partial charge in [0, 0.05) is 32.0 Å². The number of likely N-dealkylation sites (tertiary alicyclic amines) is 1. The van der Waals surface area contributed by atoms with Crippen LogP contribution in [-0.4, -0.2) is 60.8 Å². The first-order valence-electron chi connectivity index (χ1n) is 10.0. The highest BCUT2D eigenvalue weighted by Gasteiger charge is 2.34. The molecule has 0 saturated carbocycles. The standard InChI is InChI=1S/C22H25Cl2N3O3/c1-22(29-2)8-4-10-26(14-22)21(28)15-7-9-25-19(11-15)27-12-16(13-27)30-18-6-3-5-17(23)20(18)24/h3,5-7,9,11,16H,4,8,10,12-14H2,1-2H3. The molecule has 1 aromatic heterocycles. The van der Waals surface area contributed by atoms with Gasteiger partial charge >= 0.3 is 0 Å². The summed E-state index contributed by atoms with van der Waals surface area (Å²) in [6, 6.07) is 8.97. The third-order valence-electron chi connectivity index (χ3n) is 5.81. The summed E-state index contributed by atoms with van der Waals surface area (Å²) >= 11 is 12.2. The molecule has 0 aliphatic carbocycles. The van der Waals surface area contributed by atoms with Gasteiger partial charge < -0.3 is 19.3 Å². The summed E-state index contributed by atoms with van der Waals surface area (Å²) in [5.41, 5.74) is 0.357. The molecule has 0 N–H and O–H groups in total. The number of halogens is 2. The van der Waals surface area contributed by atoms with Crippen LogP contribution in [0.25, 0.3) is 0 Å². The van der Waals surface area contributed by atoms with Crippen molar-refractivity contribution in [2.45, 2.75) is 31.5 Å². The summed E-state index contributed by atoms with van der Waals surface area (Å²) in [4.78, 5) is 21.4. The predicted molar refractivity (Wildman–Crippen MR) is 118 cm³/mol. The molecule has 2 fully saturated rings. The van der Waals surface area contributed by atoms with E-state index >= 15 is 0 Å². The normalized spacial score (nSPS) is 22.0. The lowest BCUT2D eigenvalue weighted by Crippen LogP contribution is -2.54. The monoisotopic (exact) mass is 449 g/mol. The Labute approximate surface area is 186 Å². The number of rotatable bonds is 5. The van der Waals surface area contributed by atoms with Crippen molar-refractivity contribution >= 4 is 34.9 Å². The highest BCUT2D eigenvalue weighted by atomic mass is 35.5. The predicted octanol–water partition coefficient (Wildman–Crippen LogP) is 4.30. The van der Waals surface area contributed by atoms with Crippen LogP contribution in [0.2, 0.25) is 10.0 Å². The minimum atomic E-state index is -0.284. The van der Waals surface area contributed by atoms with E-state index in [2.05, 4.69) is 16.8 Å². The molecule has 1 atom stereocenters. The Bertz CT molecular complexity index is 936. The molecule has 2 aliphatic heterocycles. The number of ether oxygens (including phenoxy) is 2. The molecule has 0 radical (unpaired) electrons. The first kappa shape index (κ1) is 21.2. The average molecular weight is 450 g/mol. The lowest BCUT2D eigenvalue weighted by atomic mass is 9.94. The molecular formula is C22H25Cl2N3O3. The highest BCUT2D eigenvalue weighted by Crippen LogP contribution is 2.34. The van der Waals surface area contributed by atoms with Gasteiger partial charge in [0.05, 0.1) is 23.7 Å². The van der Waals surface area contributed by atoms with E-state index in [0.717, 1.165) is 25.2 Å². The number of amides is 1. The number of carbonyl (C=O) groups excluding carboxylic acids is 1. The van der Waals surface area contributed by atoms with Gasteiger partial charge in [0.15, 0.2) is 0 Å². The molecular weight excluding hydrogens is 425 g/mol. The van der Waals surface area contributed by atoms with Crippen molar-refractivity contribution < 1.29 is 14.3 Å². The number of aromatic nitrogens is 1. The van der Waals surface area contributed by atoms with Crippen LogP contribution < -0.4 is 9.64 Å². The van der Waals surface area contributed by atoms with Crippen LogP contribution in [0.4, 0.5) is 5.82 Å². The molecule has 2 aliphatic rings. The molecule has 1 aromatic carbocycles. The summed E-state index contributed by atoms with van der Waals surface area (Å²) in [6.45, 7) is 4.73. The second kappa shape index (κ2) is 8.61. The SMILES string of the molecule is COC1(C)CCCN(C(=O)c2ccnc(N3CC(Oc4cccc(Cl)c4Cl)C3)c2)C1. The fraction of sp³-hybridized carbons (Fsp3) is 0.455. The molecule has 6 nitrogen and oxygen atoms in total. The fourth-order valence-corrected chi connectivity index (χ4v) is 4.24. The molecule has 1 amide bonds. The highest BCUT2D eigenvalue weighted by molar-refractivity contribution is 6.42. The number of nitrogens with zero attached hydrogens (tertiary/aromatic N) is 3. The molecule has 0 bridgehead atoms. The zero-order chi connectivity index (χ0) is 21.3. The van der Waals surface area contributed by atoms with Crippen molar-refractivity contribution in [3.05, 3.63) is 52.1 Å². The number of piperidine rings is 1. The van der Waals surface area contributed by atoms with E-state index < -0.39 is 0 Å². The summed E-state index contributed by atoms with van der Waals surface area (Å²) < 4.78 is 11.6. The zero-order valence-electron chi connectivity index (χ0n) is 17.1. The van der Waals surface area contributed by atoms with Crippen LogP contribution in [0.5, 0.6) is 5.75 Å². The molecule has 0 spiro atoms. The van der Waals surface area contributed by atoms with Crippen LogP contribution in [0, 0.1) is 0 Å². The number of hydrogen-bond acceptors (Lipinski definition) is 5.